The van der Waals surface area contributed by atoms with E-state index in [2.05, 4.69) is 41.6 Å². The molecule has 9 heteroatoms. The van der Waals surface area contributed by atoms with Gasteiger partial charge in [0.05, 0.1) is 10.6 Å². The second-order valence-electron chi connectivity index (χ2n) is 9.61. The second-order valence-corrected chi connectivity index (χ2v) is 10.0. The van der Waals surface area contributed by atoms with Gasteiger partial charge in [-0.3, -0.25) is 15.2 Å². The van der Waals surface area contributed by atoms with Crippen molar-refractivity contribution in [3.63, 3.8) is 0 Å². The number of ether oxygens (including phenoxy) is 1. The third-order valence-electron chi connectivity index (χ3n) is 5.88. The van der Waals surface area contributed by atoms with Crippen molar-refractivity contribution >= 4 is 35.0 Å². The second kappa shape index (κ2) is 10.4. The first-order valence-corrected chi connectivity index (χ1v) is 12.0. The number of hydrogen-bond donors (Lipinski definition) is 3. The Morgan fingerprint density at radius 1 is 1.06 bits per heavy atom. The summed E-state index contributed by atoms with van der Waals surface area (Å²) >= 11 is 6.17. The lowest BCUT2D eigenvalue weighted by molar-refractivity contribution is 0.0595. The van der Waals surface area contributed by atoms with Gasteiger partial charge in [-0.2, -0.15) is 5.10 Å². The highest BCUT2D eigenvalue weighted by molar-refractivity contribution is 6.33. The van der Waals surface area contributed by atoms with Crippen LogP contribution in [-0.4, -0.2) is 46.2 Å². The van der Waals surface area contributed by atoms with Crippen molar-refractivity contribution in [3.8, 4) is 5.75 Å². The fraction of sp³-hybridized carbons (Fsp3) is 0.346. The summed E-state index contributed by atoms with van der Waals surface area (Å²) in [5.74, 6) is 1.13. The van der Waals surface area contributed by atoms with E-state index >= 15 is 0 Å². The van der Waals surface area contributed by atoms with Crippen molar-refractivity contribution in [1.29, 1.82) is 0 Å². The van der Waals surface area contributed by atoms with E-state index in [4.69, 9.17) is 16.3 Å². The van der Waals surface area contributed by atoms with Crippen LogP contribution in [0.15, 0.2) is 54.6 Å². The third kappa shape index (κ3) is 6.33. The number of amides is 3. The van der Waals surface area contributed by atoms with Crippen LogP contribution < -0.4 is 15.4 Å². The van der Waals surface area contributed by atoms with E-state index in [1.165, 1.54) is 0 Å². The van der Waals surface area contributed by atoms with Gasteiger partial charge in [-0.1, -0.05) is 44.5 Å². The van der Waals surface area contributed by atoms with Gasteiger partial charge in [0.2, 0.25) is 0 Å². The molecular weight excluding hydrogens is 466 g/mol. The molecule has 4 rings (SSSR count). The maximum atomic E-state index is 12.7. The summed E-state index contributed by atoms with van der Waals surface area (Å²) in [6, 6.07) is 15.8. The van der Waals surface area contributed by atoms with Gasteiger partial charge in [-0.15, -0.1) is 0 Å². The molecule has 184 valence electrons. The maximum Gasteiger partial charge on any atom is 0.324 e. The maximum absolute atomic E-state index is 12.7. The van der Waals surface area contributed by atoms with E-state index in [9.17, 15) is 9.59 Å². The number of urea groups is 1. The number of carbonyl (C=O) groups excluding carboxylic acids is 2. The summed E-state index contributed by atoms with van der Waals surface area (Å²) in [7, 11) is 0. The molecule has 0 radical (unpaired) electrons. The highest BCUT2D eigenvalue weighted by atomic mass is 35.5. The third-order valence-corrected chi connectivity index (χ3v) is 6.21. The number of piperidine rings is 1. The SMILES string of the molecule is CC(C)(C)c1cc(NC(=O)Nc2ccc(OC3CCN(C(=O)c4ccccc4Cl)CC3)cc2)n[nH]1. The fourth-order valence-electron chi connectivity index (χ4n) is 3.84. The number of anilines is 2. The topological polar surface area (TPSA) is 99.3 Å². The summed E-state index contributed by atoms with van der Waals surface area (Å²) in [4.78, 5) is 26.8. The van der Waals surface area contributed by atoms with Crippen LogP contribution in [0, 0.1) is 0 Å². The van der Waals surface area contributed by atoms with Crippen molar-refractivity contribution in [3.05, 3.63) is 70.9 Å². The monoisotopic (exact) mass is 495 g/mol. The molecule has 1 saturated heterocycles. The smallest absolute Gasteiger partial charge is 0.324 e. The van der Waals surface area contributed by atoms with Crippen molar-refractivity contribution < 1.29 is 14.3 Å². The number of benzene rings is 2. The number of likely N-dealkylation sites (tertiary alicyclic amines) is 1. The molecule has 0 unspecified atom stereocenters. The lowest BCUT2D eigenvalue weighted by Gasteiger charge is -2.32. The zero-order valence-corrected chi connectivity index (χ0v) is 20.9. The van der Waals surface area contributed by atoms with E-state index in [0.717, 1.165) is 18.5 Å². The molecule has 8 nitrogen and oxygen atoms in total. The zero-order chi connectivity index (χ0) is 25.0. The number of nitrogens with one attached hydrogen (secondary N) is 3. The molecule has 3 aromatic rings. The molecule has 0 atom stereocenters. The van der Waals surface area contributed by atoms with E-state index in [1.54, 1.807) is 24.3 Å². The highest BCUT2D eigenvalue weighted by Gasteiger charge is 2.25. The Morgan fingerprint density at radius 2 is 1.74 bits per heavy atom. The largest absolute Gasteiger partial charge is 0.490 e. The number of rotatable bonds is 5. The molecule has 1 aliphatic heterocycles. The molecule has 2 heterocycles. The first-order chi connectivity index (χ1) is 16.7. The van der Waals surface area contributed by atoms with Crippen LogP contribution >= 0.6 is 11.6 Å². The molecule has 0 bridgehead atoms. The highest BCUT2D eigenvalue weighted by Crippen LogP contribution is 2.24. The molecular formula is C26H30ClN5O3. The molecule has 3 amide bonds. The molecule has 2 aromatic carbocycles. The minimum absolute atomic E-state index is 0.0177. The van der Waals surface area contributed by atoms with Gasteiger partial charge >= 0.3 is 6.03 Å². The summed E-state index contributed by atoms with van der Waals surface area (Å²) in [6.07, 6.45) is 1.49. The average Bonchev–Trinajstić information content (AvgIpc) is 3.30. The van der Waals surface area contributed by atoms with Crippen LogP contribution in [0.25, 0.3) is 0 Å². The van der Waals surface area contributed by atoms with E-state index in [1.807, 2.05) is 35.2 Å². The van der Waals surface area contributed by atoms with Crippen LogP contribution in [0.3, 0.4) is 0 Å². The van der Waals surface area contributed by atoms with Crippen LogP contribution in [0.4, 0.5) is 16.3 Å². The quantitative estimate of drug-likeness (QED) is 0.423. The molecule has 1 fully saturated rings. The number of nitrogens with zero attached hydrogens (tertiary/aromatic N) is 2. The van der Waals surface area contributed by atoms with Crippen LogP contribution in [-0.2, 0) is 5.41 Å². The summed E-state index contributed by atoms with van der Waals surface area (Å²) in [6.45, 7) is 7.42. The Balaban J connectivity index is 1.24. The molecule has 1 aromatic heterocycles. The number of H-pyrrole nitrogens is 1. The Labute approximate surface area is 210 Å². The average molecular weight is 496 g/mol. The van der Waals surface area contributed by atoms with Gasteiger partial charge in [0, 0.05) is 48.8 Å². The van der Waals surface area contributed by atoms with Crippen molar-refractivity contribution in [1.82, 2.24) is 15.1 Å². The standard InChI is InChI=1S/C26H30ClN5O3/c1-26(2,3)22-16-23(31-30-22)29-25(34)28-17-8-10-18(11-9-17)35-19-12-14-32(15-13-19)24(33)20-6-4-5-7-21(20)27/h4-11,16,19H,12-15H2,1-3H3,(H3,28,29,30,31,34). The lowest BCUT2D eigenvalue weighted by atomic mass is 9.92. The van der Waals surface area contributed by atoms with Crippen LogP contribution in [0.5, 0.6) is 5.75 Å². The predicted molar refractivity (Wildman–Crippen MR) is 137 cm³/mol. The van der Waals surface area contributed by atoms with E-state index < -0.39 is 0 Å². The van der Waals surface area contributed by atoms with Gasteiger partial charge in [0.25, 0.3) is 5.91 Å². The number of aromatic nitrogens is 2. The van der Waals surface area contributed by atoms with E-state index in [-0.39, 0.29) is 23.5 Å². The Hall–Kier alpha value is -3.52. The summed E-state index contributed by atoms with van der Waals surface area (Å²) in [5.41, 5.74) is 2.03. The van der Waals surface area contributed by atoms with Crippen molar-refractivity contribution in [2.45, 2.75) is 45.1 Å². The Bertz CT molecular complexity index is 1180. The summed E-state index contributed by atoms with van der Waals surface area (Å²) in [5, 5.41) is 13.1. The lowest BCUT2D eigenvalue weighted by Crippen LogP contribution is -2.41. The Kier molecular flexibility index (Phi) is 7.31. The van der Waals surface area contributed by atoms with Gasteiger partial charge in [0.15, 0.2) is 5.82 Å². The minimum atomic E-state index is -0.374. The predicted octanol–water partition coefficient (Wildman–Crippen LogP) is 5.69. The minimum Gasteiger partial charge on any atom is -0.490 e. The van der Waals surface area contributed by atoms with Crippen LogP contribution in [0.1, 0.15) is 49.7 Å². The van der Waals surface area contributed by atoms with E-state index in [0.29, 0.717) is 40.9 Å². The number of halogens is 1. The molecule has 3 N–H and O–H groups in total. The van der Waals surface area contributed by atoms with Crippen LogP contribution in [0.2, 0.25) is 5.02 Å². The van der Waals surface area contributed by atoms with Crippen molar-refractivity contribution in [2.24, 2.45) is 0 Å². The normalized spacial score (nSPS) is 14.5. The molecule has 1 aliphatic rings. The molecule has 35 heavy (non-hydrogen) atoms. The van der Waals surface area contributed by atoms with Gasteiger partial charge in [-0.25, -0.2) is 4.79 Å². The first kappa shape index (κ1) is 24.6. The van der Waals surface area contributed by atoms with Gasteiger partial charge in [-0.05, 0) is 36.4 Å². The Morgan fingerprint density at radius 3 is 2.37 bits per heavy atom. The van der Waals surface area contributed by atoms with Crippen molar-refractivity contribution in [2.75, 3.05) is 23.7 Å². The first-order valence-electron chi connectivity index (χ1n) is 11.6. The van der Waals surface area contributed by atoms with Gasteiger partial charge in [0.1, 0.15) is 11.9 Å². The molecule has 0 saturated carbocycles. The number of carbonyl (C=O) groups is 2. The number of aromatic amines is 1. The molecule has 0 aliphatic carbocycles. The van der Waals surface area contributed by atoms with Gasteiger partial charge < -0.3 is 15.0 Å². The zero-order valence-electron chi connectivity index (χ0n) is 20.1. The summed E-state index contributed by atoms with van der Waals surface area (Å²) < 4.78 is 6.10. The molecule has 0 spiro atoms. The fourth-order valence-corrected chi connectivity index (χ4v) is 4.06. The number of hydrogen-bond acceptors (Lipinski definition) is 4.